The summed E-state index contributed by atoms with van der Waals surface area (Å²) in [5, 5.41) is 4.64. The van der Waals surface area contributed by atoms with Crippen molar-refractivity contribution in [3.63, 3.8) is 0 Å². The lowest BCUT2D eigenvalue weighted by Crippen LogP contribution is -2.31. The molecule has 1 aromatic carbocycles. The van der Waals surface area contributed by atoms with Crippen molar-refractivity contribution in [2.45, 2.75) is 37.5 Å². The van der Waals surface area contributed by atoms with Crippen LogP contribution in [-0.2, 0) is 11.8 Å². The number of fused-ring (bicyclic) bond motifs is 3. The number of benzene rings is 1. The quantitative estimate of drug-likeness (QED) is 0.910. The van der Waals surface area contributed by atoms with Crippen LogP contribution >= 0.6 is 0 Å². The van der Waals surface area contributed by atoms with E-state index in [4.69, 9.17) is 4.74 Å². The first kappa shape index (κ1) is 12.0. The smallest absolute Gasteiger partial charge is 0.252 e. The van der Waals surface area contributed by atoms with Gasteiger partial charge in [-0.15, -0.1) is 0 Å². The normalized spacial score (nSPS) is 28.1. The van der Waals surface area contributed by atoms with E-state index >= 15 is 0 Å². The van der Waals surface area contributed by atoms with Crippen molar-refractivity contribution < 1.29 is 4.74 Å². The molecule has 2 bridgehead atoms. The molecule has 104 valence electrons. The van der Waals surface area contributed by atoms with E-state index in [2.05, 4.69) is 11.4 Å². The number of rotatable bonds is 2. The van der Waals surface area contributed by atoms with Crippen molar-refractivity contribution >= 4 is 16.6 Å². The van der Waals surface area contributed by atoms with Gasteiger partial charge in [0.1, 0.15) is 0 Å². The maximum atomic E-state index is 12.1. The standard InChI is InChI=1S/C16H18N2O2/c1-18-14-5-3-2-4-11(14)12(9-16(18)19)17-13-8-10-6-7-15(13)20-10/h2-5,9-10,13,15,17H,6-8H2,1H3. The third kappa shape index (κ3) is 1.75. The Bertz CT molecular complexity index is 722. The Morgan fingerprint density at radius 2 is 2.15 bits per heavy atom. The molecule has 4 heteroatoms. The van der Waals surface area contributed by atoms with Crippen LogP contribution in [0.2, 0.25) is 0 Å². The molecule has 4 nitrogen and oxygen atoms in total. The van der Waals surface area contributed by atoms with Gasteiger partial charge in [0.05, 0.1) is 23.8 Å². The van der Waals surface area contributed by atoms with Crippen molar-refractivity contribution in [3.8, 4) is 0 Å². The maximum Gasteiger partial charge on any atom is 0.252 e. The Balaban J connectivity index is 1.76. The fourth-order valence-corrected chi connectivity index (χ4v) is 3.52. The molecule has 1 N–H and O–H groups in total. The second kappa shape index (κ2) is 4.35. The van der Waals surface area contributed by atoms with Crippen LogP contribution in [0.3, 0.4) is 0 Å². The van der Waals surface area contributed by atoms with Gasteiger partial charge >= 0.3 is 0 Å². The minimum atomic E-state index is 0.0234. The van der Waals surface area contributed by atoms with Gasteiger partial charge in [0.25, 0.3) is 5.56 Å². The lowest BCUT2D eigenvalue weighted by molar-refractivity contribution is 0.102. The lowest BCUT2D eigenvalue weighted by atomic mass is 9.95. The lowest BCUT2D eigenvalue weighted by Gasteiger charge is -2.22. The molecule has 0 aliphatic carbocycles. The van der Waals surface area contributed by atoms with Crippen LogP contribution in [0.5, 0.6) is 0 Å². The molecule has 1 aromatic heterocycles. The third-order valence-electron chi connectivity index (χ3n) is 4.60. The summed E-state index contributed by atoms with van der Waals surface area (Å²) in [5.74, 6) is 0. The van der Waals surface area contributed by atoms with Gasteiger partial charge in [0.15, 0.2) is 0 Å². The second-order valence-corrected chi connectivity index (χ2v) is 5.83. The number of hydrogen-bond donors (Lipinski definition) is 1. The Kier molecular flexibility index (Phi) is 2.60. The highest BCUT2D eigenvalue weighted by Gasteiger charge is 2.40. The number of hydrogen-bond acceptors (Lipinski definition) is 3. The number of anilines is 1. The molecule has 2 aliphatic rings. The summed E-state index contributed by atoms with van der Waals surface area (Å²) in [5.41, 5.74) is 1.92. The first-order valence-electron chi connectivity index (χ1n) is 7.23. The molecule has 0 saturated carbocycles. The molecular formula is C16H18N2O2. The van der Waals surface area contributed by atoms with Crippen LogP contribution in [0, 0.1) is 0 Å². The van der Waals surface area contributed by atoms with E-state index in [1.54, 1.807) is 10.6 Å². The van der Waals surface area contributed by atoms with Gasteiger partial charge < -0.3 is 14.6 Å². The van der Waals surface area contributed by atoms with Crippen molar-refractivity contribution in [1.82, 2.24) is 4.57 Å². The van der Waals surface area contributed by atoms with Crippen LogP contribution in [0.1, 0.15) is 19.3 Å². The largest absolute Gasteiger partial charge is 0.379 e. The Morgan fingerprint density at radius 3 is 2.90 bits per heavy atom. The van der Waals surface area contributed by atoms with Crippen LogP contribution in [0.4, 0.5) is 5.69 Å². The zero-order valence-corrected chi connectivity index (χ0v) is 11.5. The summed E-state index contributed by atoms with van der Waals surface area (Å²) in [4.78, 5) is 12.1. The van der Waals surface area contributed by atoms with Crippen molar-refractivity contribution in [1.29, 1.82) is 0 Å². The van der Waals surface area contributed by atoms with E-state index in [-0.39, 0.29) is 5.56 Å². The summed E-state index contributed by atoms with van der Waals surface area (Å²) >= 11 is 0. The molecule has 3 unspecified atom stereocenters. The van der Waals surface area contributed by atoms with Gasteiger partial charge in [0, 0.05) is 24.2 Å². The van der Waals surface area contributed by atoms with Crippen LogP contribution in [0.15, 0.2) is 35.1 Å². The minimum Gasteiger partial charge on any atom is -0.379 e. The van der Waals surface area contributed by atoms with Gasteiger partial charge in [-0.1, -0.05) is 18.2 Å². The SMILES string of the molecule is Cn1c(=O)cc(NC2CC3CCC2O3)c2ccccc21. The molecular weight excluding hydrogens is 252 g/mol. The van der Waals surface area contributed by atoms with Crippen molar-refractivity contribution in [3.05, 3.63) is 40.7 Å². The van der Waals surface area contributed by atoms with E-state index < -0.39 is 0 Å². The predicted octanol–water partition coefficient (Wildman–Crippen LogP) is 2.27. The maximum absolute atomic E-state index is 12.1. The fourth-order valence-electron chi connectivity index (χ4n) is 3.52. The molecule has 2 aromatic rings. The average Bonchev–Trinajstić information content (AvgIpc) is 3.07. The number of aromatic nitrogens is 1. The van der Waals surface area contributed by atoms with E-state index in [0.717, 1.165) is 29.4 Å². The average molecular weight is 270 g/mol. The monoisotopic (exact) mass is 270 g/mol. The second-order valence-electron chi connectivity index (χ2n) is 5.83. The summed E-state index contributed by atoms with van der Waals surface area (Å²) in [6.07, 6.45) is 4.08. The number of aryl methyl sites for hydroxylation is 1. The highest BCUT2D eigenvalue weighted by atomic mass is 16.5. The van der Waals surface area contributed by atoms with Crippen molar-refractivity contribution in [2.75, 3.05) is 5.32 Å². The zero-order valence-electron chi connectivity index (χ0n) is 11.5. The molecule has 20 heavy (non-hydrogen) atoms. The molecule has 0 radical (unpaired) electrons. The number of para-hydroxylation sites is 1. The first-order chi connectivity index (χ1) is 9.72. The highest BCUT2D eigenvalue weighted by Crippen LogP contribution is 2.36. The highest BCUT2D eigenvalue weighted by molar-refractivity contribution is 5.91. The van der Waals surface area contributed by atoms with Gasteiger partial charge in [-0.3, -0.25) is 4.79 Å². The zero-order chi connectivity index (χ0) is 13.7. The number of ether oxygens (including phenoxy) is 1. The summed E-state index contributed by atoms with van der Waals surface area (Å²) in [6, 6.07) is 10.1. The van der Waals surface area contributed by atoms with E-state index in [0.29, 0.717) is 18.2 Å². The molecule has 2 saturated heterocycles. The predicted molar refractivity (Wildman–Crippen MR) is 79.1 cm³/mol. The summed E-state index contributed by atoms with van der Waals surface area (Å²) < 4.78 is 7.57. The van der Waals surface area contributed by atoms with Crippen molar-refractivity contribution in [2.24, 2.45) is 7.05 Å². The van der Waals surface area contributed by atoms with Crippen LogP contribution < -0.4 is 10.9 Å². The molecule has 2 fully saturated rings. The van der Waals surface area contributed by atoms with Gasteiger partial charge in [-0.05, 0) is 25.3 Å². The van der Waals surface area contributed by atoms with Gasteiger partial charge in [-0.25, -0.2) is 0 Å². The number of pyridine rings is 1. The van der Waals surface area contributed by atoms with Crippen LogP contribution in [0.25, 0.3) is 10.9 Å². The third-order valence-corrected chi connectivity index (χ3v) is 4.60. The van der Waals surface area contributed by atoms with Gasteiger partial charge in [0.2, 0.25) is 0 Å². The van der Waals surface area contributed by atoms with Gasteiger partial charge in [-0.2, -0.15) is 0 Å². The molecule has 4 rings (SSSR count). The number of nitrogens with one attached hydrogen (secondary N) is 1. The molecule has 0 spiro atoms. The topological polar surface area (TPSA) is 43.3 Å². The van der Waals surface area contributed by atoms with E-state index in [1.165, 1.54) is 6.42 Å². The number of nitrogens with zero attached hydrogens (tertiary/aromatic N) is 1. The molecule has 0 amide bonds. The van der Waals surface area contributed by atoms with E-state index in [1.807, 2.05) is 25.2 Å². The van der Waals surface area contributed by atoms with E-state index in [9.17, 15) is 4.79 Å². The summed E-state index contributed by atoms with van der Waals surface area (Å²) in [7, 11) is 1.81. The van der Waals surface area contributed by atoms with Crippen LogP contribution in [-0.4, -0.2) is 22.8 Å². The Hall–Kier alpha value is -1.81. The fraction of sp³-hybridized carbons (Fsp3) is 0.438. The molecule has 3 atom stereocenters. The molecule has 3 heterocycles. The summed E-state index contributed by atoms with van der Waals surface area (Å²) in [6.45, 7) is 0. The first-order valence-corrected chi connectivity index (χ1v) is 7.23. The Labute approximate surface area is 117 Å². The minimum absolute atomic E-state index is 0.0234. The Morgan fingerprint density at radius 1 is 1.30 bits per heavy atom. The molecule has 2 aliphatic heterocycles.